The maximum absolute atomic E-state index is 13.4. The van der Waals surface area contributed by atoms with E-state index in [0.29, 0.717) is 18.2 Å². The van der Waals surface area contributed by atoms with E-state index in [1.807, 2.05) is 18.6 Å². The first-order valence-corrected chi connectivity index (χ1v) is 6.09. The minimum atomic E-state index is -0.183. The van der Waals surface area contributed by atoms with Crippen LogP contribution in [0.15, 0.2) is 30.7 Å². The van der Waals surface area contributed by atoms with Gasteiger partial charge in [-0.15, -0.1) is 0 Å². The summed E-state index contributed by atoms with van der Waals surface area (Å²) in [5.74, 6) is -0.183. The van der Waals surface area contributed by atoms with Crippen LogP contribution in [-0.2, 0) is 6.54 Å². The third-order valence-corrected chi connectivity index (χ3v) is 3.03. The van der Waals surface area contributed by atoms with Gasteiger partial charge in [-0.2, -0.15) is 0 Å². The summed E-state index contributed by atoms with van der Waals surface area (Å²) in [6.07, 6.45) is 3.65. The fraction of sp³-hybridized carbons (Fsp3) is 0.357. The zero-order valence-electron chi connectivity index (χ0n) is 10.9. The number of nitrogens with zero attached hydrogens (tertiary/aromatic N) is 2. The molecule has 0 radical (unpaired) electrons. The lowest BCUT2D eigenvalue weighted by Gasteiger charge is -2.14. The average Bonchev–Trinajstić information content (AvgIpc) is 2.79. The molecule has 96 valence electrons. The highest BCUT2D eigenvalue weighted by Crippen LogP contribution is 2.18. The Balaban J connectivity index is 2.12. The van der Waals surface area contributed by atoms with Crippen molar-refractivity contribution in [2.24, 2.45) is 0 Å². The number of hydrogen-bond donors (Lipinski definition) is 1. The van der Waals surface area contributed by atoms with Crippen LogP contribution in [0.1, 0.15) is 31.1 Å². The number of nitrogens with one attached hydrogen (secondary N) is 1. The molecule has 1 aromatic carbocycles. The van der Waals surface area contributed by atoms with Crippen molar-refractivity contribution in [1.82, 2.24) is 9.55 Å². The van der Waals surface area contributed by atoms with Gasteiger partial charge in [-0.05, 0) is 32.9 Å². The molecule has 1 aromatic heterocycles. The molecule has 0 aliphatic heterocycles. The zero-order chi connectivity index (χ0) is 13.1. The number of rotatable bonds is 4. The number of halogens is 1. The summed E-state index contributed by atoms with van der Waals surface area (Å²) >= 11 is 0. The Morgan fingerprint density at radius 3 is 2.89 bits per heavy atom. The van der Waals surface area contributed by atoms with Crippen molar-refractivity contribution < 1.29 is 4.39 Å². The predicted molar refractivity (Wildman–Crippen MR) is 71.1 cm³/mol. The van der Waals surface area contributed by atoms with Gasteiger partial charge < -0.3 is 9.88 Å². The molecule has 0 bridgehead atoms. The van der Waals surface area contributed by atoms with Crippen LogP contribution >= 0.6 is 0 Å². The molecule has 0 aliphatic carbocycles. The molecule has 0 aliphatic rings. The Bertz CT molecular complexity index is 532. The molecule has 0 spiro atoms. The first kappa shape index (κ1) is 12.6. The summed E-state index contributed by atoms with van der Waals surface area (Å²) in [7, 11) is 0. The van der Waals surface area contributed by atoms with Crippen LogP contribution in [0.5, 0.6) is 0 Å². The molecule has 18 heavy (non-hydrogen) atoms. The summed E-state index contributed by atoms with van der Waals surface area (Å²) in [4.78, 5) is 4.14. The molecule has 1 heterocycles. The second kappa shape index (κ2) is 5.21. The standard InChI is InChI=1S/C14H18FN3/c1-10(2)18-9-16-7-12(18)8-17-14-6-4-5-13(15)11(14)3/h4-7,9-10,17H,8H2,1-3H3. The zero-order valence-corrected chi connectivity index (χ0v) is 10.9. The minimum absolute atomic E-state index is 0.183. The molecule has 2 rings (SSSR count). The average molecular weight is 247 g/mol. The van der Waals surface area contributed by atoms with Gasteiger partial charge in [-0.3, -0.25) is 0 Å². The number of anilines is 1. The monoisotopic (exact) mass is 247 g/mol. The molecule has 3 nitrogen and oxygen atoms in total. The van der Waals surface area contributed by atoms with Crippen molar-refractivity contribution in [1.29, 1.82) is 0 Å². The van der Waals surface area contributed by atoms with Gasteiger partial charge >= 0.3 is 0 Å². The van der Waals surface area contributed by atoms with Crippen molar-refractivity contribution in [3.05, 3.63) is 47.8 Å². The van der Waals surface area contributed by atoms with E-state index < -0.39 is 0 Å². The number of benzene rings is 1. The van der Waals surface area contributed by atoms with Gasteiger partial charge in [0.25, 0.3) is 0 Å². The van der Waals surface area contributed by atoms with Gasteiger partial charge in [0.1, 0.15) is 5.82 Å². The number of imidazole rings is 1. The minimum Gasteiger partial charge on any atom is -0.379 e. The fourth-order valence-corrected chi connectivity index (χ4v) is 1.92. The van der Waals surface area contributed by atoms with E-state index in [4.69, 9.17) is 0 Å². The maximum atomic E-state index is 13.4. The quantitative estimate of drug-likeness (QED) is 0.895. The highest BCUT2D eigenvalue weighted by molar-refractivity contribution is 5.51. The normalized spacial score (nSPS) is 10.9. The lowest BCUT2D eigenvalue weighted by molar-refractivity contribution is 0.577. The van der Waals surface area contributed by atoms with Crippen LogP contribution in [0.25, 0.3) is 0 Å². The Kier molecular flexibility index (Phi) is 3.65. The lowest BCUT2D eigenvalue weighted by atomic mass is 10.2. The summed E-state index contributed by atoms with van der Waals surface area (Å²) in [6.45, 7) is 6.64. The molecular formula is C14H18FN3. The molecule has 0 saturated carbocycles. The highest BCUT2D eigenvalue weighted by atomic mass is 19.1. The number of hydrogen-bond acceptors (Lipinski definition) is 2. The van der Waals surface area contributed by atoms with Crippen LogP contribution in [-0.4, -0.2) is 9.55 Å². The molecule has 0 unspecified atom stereocenters. The van der Waals surface area contributed by atoms with E-state index in [0.717, 1.165) is 11.4 Å². The smallest absolute Gasteiger partial charge is 0.128 e. The Morgan fingerprint density at radius 2 is 2.17 bits per heavy atom. The molecular weight excluding hydrogens is 229 g/mol. The van der Waals surface area contributed by atoms with Crippen molar-refractivity contribution >= 4 is 5.69 Å². The third-order valence-electron chi connectivity index (χ3n) is 3.03. The first-order chi connectivity index (χ1) is 8.59. The van der Waals surface area contributed by atoms with Gasteiger partial charge in [0.15, 0.2) is 0 Å². The summed E-state index contributed by atoms with van der Waals surface area (Å²) in [5.41, 5.74) is 2.56. The summed E-state index contributed by atoms with van der Waals surface area (Å²) in [5, 5.41) is 3.25. The van der Waals surface area contributed by atoms with Crippen molar-refractivity contribution in [2.45, 2.75) is 33.4 Å². The van der Waals surface area contributed by atoms with Gasteiger partial charge in [0.2, 0.25) is 0 Å². The largest absolute Gasteiger partial charge is 0.379 e. The van der Waals surface area contributed by atoms with E-state index >= 15 is 0 Å². The fourth-order valence-electron chi connectivity index (χ4n) is 1.92. The van der Waals surface area contributed by atoms with Crippen molar-refractivity contribution in [3.63, 3.8) is 0 Å². The van der Waals surface area contributed by atoms with Crippen molar-refractivity contribution in [2.75, 3.05) is 5.32 Å². The summed E-state index contributed by atoms with van der Waals surface area (Å²) in [6, 6.07) is 5.44. The highest BCUT2D eigenvalue weighted by Gasteiger charge is 2.07. The second-order valence-corrected chi connectivity index (χ2v) is 4.65. The van der Waals surface area contributed by atoms with E-state index in [-0.39, 0.29) is 5.82 Å². The van der Waals surface area contributed by atoms with Crippen LogP contribution in [0.3, 0.4) is 0 Å². The molecule has 4 heteroatoms. The van der Waals surface area contributed by atoms with Gasteiger partial charge in [0, 0.05) is 23.5 Å². The molecule has 2 aromatic rings. The van der Waals surface area contributed by atoms with Crippen molar-refractivity contribution in [3.8, 4) is 0 Å². The van der Waals surface area contributed by atoms with E-state index in [1.54, 1.807) is 13.0 Å². The second-order valence-electron chi connectivity index (χ2n) is 4.65. The predicted octanol–water partition coefficient (Wildman–Crippen LogP) is 3.52. The van der Waals surface area contributed by atoms with E-state index in [9.17, 15) is 4.39 Å². The molecule has 0 atom stereocenters. The molecule has 0 amide bonds. The Labute approximate surface area is 107 Å². The van der Waals surface area contributed by atoms with Gasteiger partial charge in [0.05, 0.1) is 18.6 Å². The summed E-state index contributed by atoms with van der Waals surface area (Å²) < 4.78 is 15.5. The molecule has 1 N–H and O–H groups in total. The van der Waals surface area contributed by atoms with Crippen LogP contribution in [0, 0.1) is 12.7 Å². The topological polar surface area (TPSA) is 29.9 Å². The maximum Gasteiger partial charge on any atom is 0.128 e. The lowest BCUT2D eigenvalue weighted by Crippen LogP contribution is -2.09. The van der Waals surface area contributed by atoms with E-state index in [1.165, 1.54) is 6.07 Å². The Morgan fingerprint density at radius 1 is 1.39 bits per heavy atom. The third kappa shape index (κ3) is 2.53. The number of aromatic nitrogens is 2. The Hall–Kier alpha value is -1.84. The van der Waals surface area contributed by atoms with Gasteiger partial charge in [-0.1, -0.05) is 6.07 Å². The van der Waals surface area contributed by atoms with Crippen LogP contribution < -0.4 is 5.32 Å². The van der Waals surface area contributed by atoms with Crippen LogP contribution in [0.2, 0.25) is 0 Å². The first-order valence-electron chi connectivity index (χ1n) is 6.09. The SMILES string of the molecule is Cc1c(F)cccc1NCc1cncn1C(C)C. The van der Waals surface area contributed by atoms with Gasteiger partial charge in [-0.25, -0.2) is 9.37 Å². The molecule has 0 fully saturated rings. The molecule has 0 saturated heterocycles. The van der Waals surface area contributed by atoms with Crippen LogP contribution in [0.4, 0.5) is 10.1 Å². The van der Waals surface area contributed by atoms with E-state index in [2.05, 4.69) is 28.7 Å².